The summed E-state index contributed by atoms with van der Waals surface area (Å²) in [5, 5.41) is 0. The van der Waals surface area contributed by atoms with Gasteiger partial charge in [-0.25, -0.2) is 8.78 Å². The number of hydrogen-bond acceptors (Lipinski definition) is 0. The van der Waals surface area contributed by atoms with Crippen molar-refractivity contribution in [3.8, 4) is 0 Å². The second-order valence-corrected chi connectivity index (χ2v) is 4.87. The maximum Gasteiger partial charge on any atom is 0.159 e. The molecule has 0 aliphatic heterocycles. The molecule has 0 nitrogen and oxygen atoms in total. The van der Waals surface area contributed by atoms with Crippen molar-refractivity contribution in [2.45, 2.75) is 11.8 Å². The molecule has 0 aliphatic rings. The fourth-order valence-electron chi connectivity index (χ4n) is 1.69. The van der Waals surface area contributed by atoms with Gasteiger partial charge >= 0.3 is 0 Å². The van der Waals surface area contributed by atoms with Gasteiger partial charge in [-0.15, -0.1) is 0 Å². The molecule has 2 aromatic rings. The van der Waals surface area contributed by atoms with Gasteiger partial charge in [-0.2, -0.15) is 0 Å². The average molecular weight is 297 g/mol. The molecule has 0 bridgehead atoms. The van der Waals surface area contributed by atoms with E-state index < -0.39 is 11.6 Å². The highest BCUT2D eigenvalue weighted by Crippen LogP contribution is 2.31. The number of rotatable bonds is 2. The van der Waals surface area contributed by atoms with Crippen LogP contribution in [0.5, 0.6) is 0 Å². The molecule has 3 heteroatoms. The summed E-state index contributed by atoms with van der Waals surface area (Å²) < 4.78 is 26.0. The van der Waals surface area contributed by atoms with Crippen molar-refractivity contribution in [2.24, 2.45) is 0 Å². The van der Waals surface area contributed by atoms with Gasteiger partial charge in [0.15, 0.2) is 11.6 Å². The molecule has 0 fully saturated rings. The van der Waals surface area contributed by atoms with Crippen LogP contribution in [0.3, 0.4) is 0 Å². The Bertz CT molecular complexity index is 537. The summed E-state index contributed by atoms with van der Waals surface area (Å²) in [6, 6.07) is 11.9. The Labute approximate surface area is 107 Å². The molecule has 1 unspecified atom stereocenters. The molecule has 0 aliphatic carbocycles. The van der Waals surface area contributed by atoms with Crippen LogP contribution >= 0.6 is 15.9 Å². The van der Waals surface area contributed by atoms with Crippen LogP contribution in [0.2, 0.25) is 0 Å². The summed E-state index contributed by atoms with van der Waals surface area (Å²) in [5.41, 5.74) is 2.86. The molecular weight excluding hydrogens is 286 g/mol. The summed E-state index contributed by atoms with van der Waals surface area (Å²) in [6.07, 6.45) is 0. The molecule has 17 heavy (non-hydrogen) atoms. The summed E-state index contributed by atoms with van der Waals surface area (Å²) in [5.74, 6) is -1.64. The fourth-order valence-corrected chi connectivity index (χ4v) is 2.26. The average Bonchev–Trinajstić information content (AvgIpc) is 2.32. The lowest BCUT2D eigenvalue weighted by atomic mass is 10.0. The molecule has 88 valence electrons. The van der Waals surface area contributed by atoms with Crippen molar-refractivity contribution in [2.75, 3.05) is 0 Å². The number of halogens is 3. The Morgan fingerprint density at radius 2 is 1.65 bits per heavy atom. The van der Waals surface area contributed by atoms with Gasteiger partial charge < -0.3 is 0 Å². The van der Waals surface area contributed by atoms with E-state index in [4.69, 9.17) is 0 Å². The second kappa shape index (κ2) is 4.96. The third-order valence-electron chi connectivity index (χ3n) is 2.57. The normalized spacial score (nSPS) is 12.5. The first-order valence-corrected chi connectivity index (χ1v) is 6.15. The predicted octanol–water partition coefficient (Wildman–Crippen LogP) is 4.76. The summed E-state index contributed by atoms with van der Waals surface area (Å²) in [4.78, 5) is -0.127. The van der Waals surface area contributed by atoms with E-state index in [0.717, 1.165) is 17.2 Å². The smallest absolute Gasteiger partial charge is 0.159 e. The fraction of sp³-hybridized carbons (Fsp3) is 0.143. The van der Waals surface area contributed by atoms with Crippen LogP contribution in [0.1, 0.15) is 21.5 Å². The van der Waals surface area contributed by atoms with E-state index in [-0.39, 0.29) is 4.83 Å². The maximum atomic E-state index is 13.1. The lowest BCUT2D eigenvalue weighted by Gasteiger charge is -2.11. The molecule has 0 radical (unpaired) electrons. The maximum absolute atomic E-state index is 13.1. The van der Waals surface area contributed by atoms with E-state index in [0.29, 0.717) is 5.56 Å². The first kappa shape index (κ1) is 12.2. The van der Waals surface area contributed by atoms with E-state index in [2.05, 4.69) is 15.9 Å². The largest absolute Gasteiger partial charge is 0.204 e. The van der Waals surface area contributed by atoms with Crippen molar-refractivity contribution < 1.29 is 8.78 Å². The molecule has 0 spiro atoms. The van der Waals surface area contributed by atoms with Crippen molar-refractivity contribution >= 4 is 15.9 Å². The molecule has 0 saturated heterocycles. The highest BCUT2D eigenvalue weighted by atomic mass is 79.9. The lowest BCUT2D eigenvalue weighted by Crippen LogP contribution is -1.95. The van der Waals surface area contributed by atoms with Gasteiger partial charge in [0.1, 0.15) is 0 Å². The van der Waals surface area contributed by atoms with Crippen LogP contribution in [0.15, 0.2) is 42.5 Å². The Balaban J connectivity index is 2.36. The van der Waals surface area contributed by atoms with Crippen LogP contribution in [0, 0.1) is 18.6 Å². The van der Waals surface area contributed by atoms with Crippen molar-refractivity contribution in [3.63, 3.8) is 0 Å². The zero-order valence-corrected chi connectivity index (χ0v) is 10.8. The summed E-state index contributed by atoms with van der Waals surface area (Å²) in [7, 11) is 0. The van der Waals surface area contributed by atoms with Gasteiger partial charge in [-0.05, 0) is 30.2 Å². The second-order valence-electron chi connectivity index (χ2n) is 3.95. The van der Waals surface area contributed by atoms with Gasteiger partial charge in [0.2, 0.25) is 0 Å². The van der Waals surface area contributed by atoms with E-state index >= 15 is 0 Å². The van der Waals surface area contributed by atoms with E-state index in [1.54, 1.807) is 6.07 Å². The highest BCUT2D eigenvalue weighted by Gasteiger charge is 2.12. The summed E-state index contributed by atoms with van der Waals surface area (Å²) in [6.45, 7) is 1.99. The number of alkyl halides is 1. The molecule has 0 heterocycles. The number of benzene rings is 2. The van der Waals surface area contributed by atoms with Gasteiger partial charge in [-0.1, -0.05) is 51.8 Å². The Morgan fingerprint density at radius 1 is 0.941 bits per heavy atom. The first-order valence-electron chi connectivity index (χ1n) is 5.23. The molecule has 0 N–H and O–H groups in total. The van der Waals surface area contributed by atoms with Crippen LogP contribution in [-0.2, 0) is 0 Å². The highest BCUT2D eigenvalue weighted by molar-refractivity contribution is 9.09. The van der Waals surface area contributed by atoms with Crippen LogP contribution in [-0.4, -0.2) is 0 Å². The van der Waals surface area contributed by atoms with Gasteiger partial charge in [0.05, 0.1) is 4.83 Å². The minimum Gasteiger partial charge on any atom is -0.204 e. The van der Waals surface area contributed by atoms with Gasteiger partial charge in [0.25, 0.3) is 0 Å². The third kappa shape index (κ3) is 2.72. The molecule has 0 aromatic heterocycles. The monoisotopic (exact) mass is 296 g/mol. The number of aryl methyl sites for hydroxylation is 1. The van der Waals surface area contributed by atoms with Gasteiger partial charge in [0, 0.05) is 0 Å². The standard InChI is InChI=1S/C14H11BrF2/c1-9-3-2-4-10(7-9)14(15)11-5-6-12(16)13(17)8-11/h2-8,14H,1H3. The molecule has 2 aromatic carbocycles. The van der Waals surface area contributed by atoms with Crippen LogP contribution < -0.4 is 0 Å². The summed E-state index contributed by atoms with van der Waals surface area (Å²) >= 11 is 3.50. The van der Waals surface area contributed by atoms with Crippen LogP contribution in [0.4, 0.5) is 8.78 Å². The first-order chi connectivity index (χ1) is 8.08. The Hall–Kier alpha value is -1.22. The predicted molar refractivity (Wildman–Crippen MR) is 68.3 cm³/mol. The third-order valence-corrected chi connectivity index (χ3v) is 3.63. The SMILES string of the molecule is Cc1cccc(C(Br)c2ccc(F)c(F)c2)c1. The van der Waals surface area contributed by atoms with Crippen molar-refractivity contribution in [3.05, 3.63) is 70.8 Å². The molecule has 2 rings (SSSR count). The van der Waals surface area contributed by atoms with E-state index in [9.17, 15) is 8.78 Å². The molecule has 1 atom stereocenters. The molecule has 0 amide bonds. The topological polar surface area (TPSA) is 0 Å². The van der Waals surface area contributed by atoms with Gasteiger partial charge in [-0.3, -0.25) is 0 Å². The van der Waals surface area contributed by atoms with E-state index in [1.165, 1.54) is 6.07 Å². The lowest BCUT2D eigenvalue weighted by molar-refractivity contribution is 0.507. The Morgan fingerprint density at radius 3 is 2.29 bits per heavy atom. The minimum atomic E-state index is -0.822. The van der Waals surface area contributed by atoms with E-state index in [1.807, 2.05) is 31.2 Å². The molecule has 0 saturated carbocycles. The van der Waals surface area contributed by atoms with Crippen molar-refractivity contribution in [1.82, 2.24) is 0 Å². The zero-order chi connectivity index (χ0) is 12.4. The Kier molecular flexibility index (Phi) is 3.57. The van der Waals surface area contributed by atoms with Crippen molar-refractivity contribution in [1.29, 1.82) is 0 Å². The number of hydrogen-bond donors (Lipinski definition) is 0. The van der Waals surface area contributed by atoms with Crippen LogP contribution in [0.25, 0.3) is 0 Å². The quantitative estimate of drug-likeness (QED) is 0.701. The zero-order valence-electron chi connectivity index (χ0n) is 9.25. The minimum absolute atomic E-state index is 0.127. The molecular formula is C14H11BrF2.